The first-order valence-corrected chi connectivity index (χ1v) is 11.9. The molecule has 2 unspecified atom stereocenters. The summed E-state index contributed by atoms with van der Waals surface area (Å²) >= 11 is 0. The number of amidine groups is 1. The van der Waals surface area contributed by atoms with E-state index in [1.807, 2.05) is 69.3 Å². The Bertz CT molecular complexity index is 1180. The van der Waals surface area contributed by atoms with Crippen LogP contribution in [0.4, 0.5) is 15.8 Å². The predicted octanol–water partition coefficient (Wildman–Crippen LogP) is 6.88. The van der Waals surface area contributed by atoms with Gasteiger partial charge in [-0.1, -0.05) is 57.0 Å². The van der Waals surface area contributed by atoms with Crippen molar-refractivity contribution in [1.82, 2.24) is 5.32 Å². The lowest BCUT2D eigenvalue weighted by Crippen LogP contribution is -2.33. The minimum Gasteiger partial charge on any atom is -0.385 e. The molecule has 1 aliphatic rings. The van der Waals surface area contributed by atoms with Gasteiger partial charge in [0.15, 0.2) is 0 Å². The van der Waals surface area contributed by atoms with Gasteiger partial charge in [0.2, 0.25) is 0 Å². The van der Waals surface area contributed by atoms with Gasteiger partial charge in [0.1, 0.15) is 17.8 Å². The van der Waals surface area contributed by atoms with Gasteiger partial charge in [-0.3, -0.25) is 0 Å². The number of anilines is 2. The Hall–Kier alpha value is -3.78. The molecule has 0 spiro atoms. The van der Waals surface area contributed by atoms with Gasteiger partial charge in [0, 0.05) is 40.2 Å². The Balaban J connectivity index is 0.00000158. The molecule has 176 valence electrons. The van der Waals surface area contributed by atoms with Gasteiger partial charge < -0.3 is 16.0 Å². The summed E-state index contributed by atoms with van der Waals surface area (Å²) in [7, 11) is 0. The van der Waals surface area contributed by atoms with E-state index in [4.69, 9.17) is 11.4 Å². The Morgan fingerprint density at radius 3 is 2.59 bits per heavy atom. The normalized spacial score (nSPS) is 14.8. The predicted molar refractivity (Wildman–Crippen MR) is 142 cm³/mol. The number of halogens is 1. The van der Waals surface area contributed by atoms with Crippen LogP contribution in [0.1, 0.15) is 68.6 Å². The molecule has 0 saturated carbocycles. The van der Waals surface area contributed by atoms with Gasteiger partial charge in [-0.05, 0) is 49.7 Å². The molecule has 0 fully saturated rings. The van der Waals surface area contributed by atoms with Crippen LogP contribution in [0.25, 0.3) is 0 Å². The van der Waals surface area contributed by atoms with E-state index in [2.05, 4.69) is 28.8 Å². The number of terminal acetylenes is 1. The molecule has 34 heavy (non-hydrogen) atoms. The van der Waals surface area contributed by atoms with Crippen LogP contribution in [0.15, 0.2) is 71.7 Å². The monoisotopic (exact) mass is 456 g/mol. The number of aliphatic imine (C=N–C) groups is 1. The molecule has 3 aromatic rings. The summed E-state index contributed by atoms with van der Waals surface area (Å²) < 4.78 is 14.1. The topological polar surface area (TPSA) is 48.5 Å². The first-order valence-electron chi connectivity index (χ1n) is 11.9. The molecule has 0 saturated heterocycles. The maximum atomic E-state index is 14.1. The quantitative estimate of drug-likeness (QED) is 0.355. The zero-order valence-corrected chi connectivity index (χ0v) is 20.3. The van der Waals surface area contributed by atoms with E-state index in [1.54, 1.807) is 12.1 Å². The Morgan fingerprint density at radius 1 is 1.09 bits per heavy atom. The van der Waals surface area contributed by atoms with Gasteiger partial charge in [-0.2, -0.15) is 0 Å². The van der Waals surface area contributed by atoms with Crippen LogP contribution in [-0.4, -0.2) is 12.4 Å². The fourth-order valence-corrected chi connectivity index (χ4v) is 3.92. The molecule has 3 N–H and O–H groups in total. The average Bonchev–Trinajstić information content (AvgIpc) is 2.89. The van der Waals surface area contributed by atoms with Gasteiger partial charge >= 0.3 is 0 Å². The van der Waals surface area contributed by atoms with Gasteiger partial charge in [0.25, 0.3) is 0 Å². The summed E-state index contributed by atoms with van der Waals surface area (Å²) in [5.74, 6) is 3.24. The van der Waals surface area contributed by atoms with E-state index in [0.29, 0.717) is 0 Å². The second kappa shape index (κ2) is 11.9. The number of rotatable bonds is 6. The smallest absolute Gasteiger partial charge is 0.148 e. The first kappa shape index (κ1) is 24.9. The Morgan fingerprint density at radius 2 is 1.82 bits per heavy atom. The van der Waals surface area contributed by atoms with Crippen molar-refractivity contribution >= 4 is 17.2 Å². The number of benzene rings is 3. The maximum absolute atomic E-state index is 14.1. The van der Waals surface area contributed by atoms with Gasteiger partial charge in [0.05, 0.1) is 6.04 Å². The maximum Gasteiger partial charge on any atom is 0.148 e. The van der Waals surface area contributed by atoms with Crippen molar-refractivity contribution in [3.63, 3.8) is 0 Å². The summed E-state index contributed by atoms with van der Waals surface area (Å²) in [5, 5.41) is 10.4. The highest BCUT2D eigenvalue weighted by atomic mass is 19.1. The molecular formula is C29H33FN4. The fourth-order valence-electron chi connectivity index (χ4n) is 3.92. The van der Waals surface area contributed by atoms with Crippen molar-refractivity contribution in [2.24, 2.45) is 4.99 Å². The van der Waals surface area contributed by atoms with E-state index in [1.165, 1.54) is 6.07 Å². The van der Waals surface area contributed by atoms with Crippen LogP contribution in [0, 0.1) is 18.2 Å². The Labute approximate surface area is 202 Å². The number of nitrogens with zero attached hydrogens (tertiary/aromatic N) is 1. The lowest BCUT2D eigenvalue weighted by Gasteiger charge is -2.29. The van der Waals surface area contributed by atoms with Crippen LogP contribution in [0.3, 0.4) is 0 Å². The van der Waals surface area contributed by atoms with E-state index in [-0.39, 0.29) is 18.0 Å². The summed E-state index contributed by atoms with van der Waals surface area (Å²) in [6, 6.07) is 20.5. The fraction of sp³-hybridized carbons (Fsp3) is 0.276. The van der Waals surface area contributed by atoms with Crippen molar-refractivity contribution < 1.29 is 4.39 Å². The standard InChI is InChI=1S/C27H27FN4.C2H6/c1-4-16-29-24-15-14-20(28)17-23(24)18(3)30-27-22-12-8-9-13-25(22)31-26(32-27)21-11-7-6-10-19(21)5-2;1-2/h2,6-15,17-18,26,29,31H,4,16H2,1,3H3,(H,30,32);1-2H3. The highest BCUT2D eigenvalue weighted by molar-refractivity contribution is 6.05. The van der Waals surface area contributed by atoms with Crippen molar-refractivity contribution in [2.45, 2.75) is 46.3 Å². The third kappa shape index (κ3) is 5.58. The zero-order valence-electron chi connectivity index (χ0n) is 20.3. The van der Waals surface area contributed by atoms with Crippen molar-refractivity contribution in [3.8, 4) is 12.3 Å². The van der Waals surface area contributed by atoms with E-state index >= 15 is 0 Å². The molecule has 5 heteroatoms. The number of para-hydroxylation sites is 1. The van der Waals surface area contributed by atoms with Crippen LogP contribution >= 0.6 is 0 Å². The molecule has 0 radical (unpaired) electrons. The molecule has 4 nitrogen and oxygen atoms in total. The lowest BCUT2D eigenvalue weighted by molar-refractivity contribution is 0.618. The second-order valence-electron chi connectivity index (χ2n) is 7.83. The SMILES string of the molecule is C#Cc1ccccc1C1N=C(NC(C)c2cc(F)ccc2NCCC)c2ccccc2N1.CC. The summed E-state index contributed by atoms with van der Waals surface area (Å²) in [6.07, 6.45) is 6.39. The lowest BCUT2D eigenvalue weighted by atomic mass is 10.0. The van der Waals surface area contributed by atoms with Gasteiger partial charge in [-0.15, -0.1) is 6.42 Å². The van der Waals surface area contributed by atoms with Crippen LogP contribution in [0.5, 0.6) is 0 Å². The molecule has 0 aromatic heterocycles. The Kier molecular flexibility index (Phi) is 8.70. The molecule has 2 atom stereocenters. The molecule has 1 aliphatic heterocycles. The minimum atomic E-state index is -0.322. The number of hydrogen-bond donors (Lipinski definition) is 3. The largest absolute Gasteiger partial charge is 0.385 e. The highest BCUT2D eigenvalue weighted by Crippen LogP contribution is 2.32. The molecule has 1 heterocycles. The molecule has 4 rings (SSSR count). The van der Waals surface area contributed by atoms with E-state index in [0.717, 1.165) is 52.4 Å². The zero-order chi connectivity index (χ0) is 24.5. The van der Waals surface area contributed by atoms with E-state index < -0.39 is 0 Å². The third-order valence-corrected chi connectivity index (χ3v) is 5.54. The minimum absolute atomic E-state index is 0.168. The molecular weight excluding hydrogens is 423 g/mol. The second-order valence-corrected chi connectivity index (χ2v) is 7.83. The molecule has 0 aliphatic carbocycles. The number of fused-ring (bicyclic) bond motifs is 1. The van der Waals surface area contributed by atoms with Crippen LogP contribution in [-0.2, 0) is 0 Å². The summed E-state index contributed by atoms with van der Waals surface area (Å²) in [5.41, 5.74) is 5.46. The highest BCUT2D eigenvalue weighted by Gasteiger charge is 2.24. The van der Waals surface area contributed by atoms with Gasteiger partial charge in [-0.25, -0.2) is 9.38 Å². The first-order chi connectivity index (χ1) is 16.6. The van der Waals surface area contributed by atoms with Crippen molar-refractivity contribution in [3.05, 3.63) is 94.8 Å². The van der Waals surface area contributed by atoms with Crippen molar-refractivity contribution in [1.29, 1.82) is 0 Å². The van der Waals surface area contributed by atoms with Crippen LogP contribution < -0.4 is 16.0 Å². The molecule has 0 amide bonds. The third-order valence-electron chi connectivity index (χ3n) is 5.54. The molecule has 0 bridgehead atoms. The number of nitrogens with one attached hydrogen (secondary N) is 3. The summed E-state index contributed by atoms with van der Waals surface area (Å²) in [6.45, 7) is 8.94. The summed E-state index contributed by atoms with van der Waals surface area (Å²) in [4.78, 5) is 4.97. The molecule has 3 aromatic carbocycles. The van der Waals surface area contributed by atoms with Crippen molar-refractivity contribution in [2.75, 3.05) is 17.2 Å². The van der Waals surface area contributed by atoms with Crippen LogP contribution in [0.2, 0.25) is 0 Å². The number of hydrogen-bond acceptors (Lipinski definition) is 4. The average molecular weight is 457 g/mol. The van der Waals surface area contributed by atoms with E-state index in [9.17, 15) is 4.39 Å².